The van der Waals surface area contributed by atoms with Gasteiger partial charge < -0.3 is 9.15 Å². The molecule has 0 aliphatic carbocycles. The molecule has 0 radical (unpaired) electrons. The van der Waals surface area contributed by atoms with Crippen molar-refractivity contribution in [2.24, 2.45) is 5.10 Å². The van der Waals surface area contributed by atoms with E-state index in [1.807, 2.05) is 37.3 Å². The fourth-order valence-corrected chi connectivity index (χ4v) is 4.15. The molecule has 0 saturated heterocycles. The van der Waals surface area contributed by atoms with E-state index in [-0.39, 0.29) is 17.7 Å². The zero-order chi connectivity index (χ0) is 22.7. The van der Waals surface area contributed by atoms with Crippen molar-refractivity contribution in [3.63, 3.8) is 0 Å². The van der Waals surface area contributed by atoms with Gasteiger partial charge in [-0.25, -0.2) is 13.4 Å². The normalized spacial score (nSPS) is 16.0. The van der Waals surface area contributed by atoms with Gasteiger partial charge in [0.1, 0.15) is 5.75 Å². The molecule has 1 aliphatic rings. The van der Waals surface area contributed by atoms with Crippen molar-refractivity contribution in [3.05, 3.63) is 83.8 Å². The van der Waals surface area contributed by atoms with Gasteiger partial charge in [0.05, 0.1) is 30.9 Å². The van der Waals surface area contributed by atoms with Crippen LogP contribution in [0.15, 0.2) is 76.4 Å². The highest BCUT2D eigenvalue weighted by molar-refractivity contribution is 7.92. The van der Waals surface area contributed by atoms with Crippen molar-refractivity contribution < 1.29 is 22.4 Å². The van der Waals surface area contributed by atoms with Gasteiger partial charge >= 0.3 is 5.91 Å². The minimum Gasteiger partial charge on any atom is -0.494 e. The summed E-state index contributed by atoms with van der Waals surface area (Å²) >= 11 is 0. The number of hydrogen-bond donors (Lipinski definition) is 1. The average molecular weight is 454 g/mol. The molecule has 9 heteroatoms. The lowest BCUT2D eigenvalue weighted by atomic mass is 9.98. The van der Waals surface area contributed by atoms with Crippen LogP contribution in [-0.4, -0.2) is 37.9 Å². The molecule has 1 aromatic heterocycles. The molecule has 0 fully saturated rings. The Labute approximate surface area is 186 Å². The molecule has 3 aromatic rings. The third-order valence-corrected chi connectivity index (χ3v) is 5.51. The monoisotopic (exact) mass is 453 g/mol. The van der Waals surface area contributed by atoms with Gasteiger partial charge in [-0.1, -0.05) is 24.3 Å². The van der Waals surface area contributed by atoms with Gasteiger partial charge in [0.15, 0.2) is 5.76 Å². The Hall–Kier alpha value is -3.59. The fraction of sp³-hybridized carbons (Fsp3) is 0.217. The second-order valence-corrected chi connectivity index (χ2v) is 9.10. The van der Waals surface area contributed by atoms with Crippen LogP contribution in [-0.2, 0) is 10.0 Å². The Morgan fingerprint density at radius 3 is 2.72 bits per heavy atom. The molecule has 1 amide bonds. The molecule has 0 saturated carbocycles. The van der Waals surface area contributed by atoms with Gasteiger partial charge in [-0.05, 0) is 54.4 Å². The molecule has 4 rings (SSSR count). The van der Waals surface area contributed by atoms with Crippen LogP contribution in [0.5, 0.6) is 5.75 Å². The molecule has 1 aliphatic heterocycles. The first kappa shape index (κ1) is 21.6. The molecular formula is C23H23N3O5S. The summed E-state index contributed by atoms with van der Waals surface area (Å²) in [7, 11) is -3.42. The van der Waals surface area contributed by atoms with Crippen molar-refractivity contribution in [2.45, 2.75) is 19.4 Å². The fourth-order valence-electron chi connectivity index (χ4n) is 3.60. The number of hydrogen-bond acceptors (Lipinski definition) is 6. The first-order valence-corrected chi connectivity index (χ1v) is 12.0. The first-order valence-electron chi connectivity index (χ1n) is 10.1. The van der Waals surface area contributed by atoms with Crippen molar-refractivity contribution in [2.75, 3.05) is 17.6 Å². The highest BCUT2D eigenvalue weighted by Crippen LogP contribution is 2.35. The molecule has 0 bridgehead atoms. The Morgan fingerprint density at radius 2 is 2.00 bits per heavy atom. The van der Waals surface area contributed by atoms with Crippen LogP contribution in [0.3, 0.4) is 0 Å². The number of anilines is 1. The van der Waals surface area contributed by atoms with Crippen LogP contribution < -0.4 is 9.46 Å². The van der Waals surface area contributed by atoms with Crippen LogP contribution >= 0.6 is 0 Å². The number of benzene rings is 2. The number of sulfonamides is 1. The van der Waals surface area contributed by atoms with Gasteiger partial charge in [-0.2, -0.15) is 5.10 Å². The maximum atomic E-state index is 13.1. The summed E-state index contributed by atoms with van der Waals surface area (Å²) < 4.78 is 36.6. The minimum absolute atomic E-state index is 0.188. The van der Waals surface area contributed by atoms with E-state index in [4.69, 9.17) is 9.15 Å². The molecule has 0 spiro atoms. The number of furan rings is 1. The minimum atomic E-state index is -3.42. The molecular weight excluding hydrogens is 430 g/mol. The van der Waals surface area contributed by atoms with E-state index in [1.54, 1.807) is 30.3 Å². The lowest BCUT2D eigenvalue weighted by Gasteiger charge is -2.21. The highest BCUT2D eigenvalue weighted by atomic mass is 32.2. The Bertz CT molecular complexity index is 1250. The topological polar surface area (TPSA) is 101 Å². The van der Waals surface area contributed by atoms with Gasteiger partial charge in [0.2, 0.25) is 10.0 Å². The first-order chi connectivity index (χ1) is 15.3. The van der Waals surface area contributed by atoms with Gasteiger partial charge in [-0.15, -0.1) is 0 Å². The average Bonchev–Trinajstić information content (AvgIpc) is 3.43. The van der Waals surface area contributed by atoms with Crippen LogP contribution in [0, 0.1) is 0 Å². The Morgan fingerprint density at radius 1 is 1.19 bits per heavy atom. The van der Waals surface area contributed by atoms with Gasteiger partial charge in [-0.3, -0.25) is 9.52 Å². The zero-order valence-corrected chi connectivity index (χ0v) is 18.5. The number of nitrogens with zero attached hydrogens (tertiary/aromatic N) is 2. The molecule has 2 heterocycles. The smallest absolute Gasteiger partial charge is 0.310 e. The standard InChI is InChI=1S/C23H23N3O5S/c1-3-30-19-10-5-8-17(14-19)21-15-20(24-26(21)23(27)22-11-6-12-31-22)16-7-4-9-18(13-16)25-32(2,28)29/h4-14,21,25H,3,15H2,1-2H3/t21-/m1/s1. The molecule has 8 nitrogen and oxygen atoms in total. The molecule has 2 aromatic carbocycles. The summed E-state index contributed by atoms with van der Waals surface area (Å²) in [4.78, 5) is 13.1. The number of hydrazone groups is 1. The van der Waals surface area contributed by atoms with Crippen molar-refractivity contribution in [1.29, 1.82) is 0 Å². The second kappa shape index (κ2) is 8.88. The van der Waals surface area contributed by atoms with E-state index in [9.17, 15) is 13.2 Å². The van der Waals surface area contributed by atoms with Crippen molar-refractivity contribution in [3.8, 4) is 5.75 Å². The van der Waals surface area contributed by atoms with E-state index in [0.717, 1.165) is 17.4 Å². The lowest BCUT2D eigenvalue weighted by molar-refractivity contribution is 0.0678. The molecule has 166 valence electrons. The summed E-state index contributed by atoms with van der Waals surface area (Å²) in [5.74, 6) is 0.541. The summed E-state index contributed by atoms with van der Waals surface area (Å²) in [5, 5.41) is 6.02. The van der Waals surface area contributed by atoms with Crippen molar-refractivity contribution >= 4 is 27.3 Å². The molecule has 1 N–H and O–H groups in total. The van der Waals surface area contributed by atoms with Crippen LogP contribution in [0.4, 0.5) is 5.69 Å². The highest BCUT2D eigenvalue weighted by Gasteiger charge is 2.35. The summed E-state index contributed by atoms with van der Waals surface area (Å²) in [6.07, 6.45) is 2.99. The summed E-state index contributed by atoms with van der Waals surface area (Å²) in [6.45, 7) is 2.44. The molecule has 1 atom stereocenters. The Kier molecular flexibility index (Phi) is 6.00. The number of carbonyl (C=O) groups is 1. The van der Waals surface area contributed by atoms with E-state index < -0.39 is 10.0 Å². The van der Waals surface area contributed by atoms with Crippen LogP contribution in [0.2, 0.25) is 0 Å². The summed E-state index contributed by atoms with van der Waals surface area (Å²) in [5.41, 5.74) is 2.69. The third-order valence-electron chi connectivity index (χ3n) is 4.90. The number of carbonyl (C=O) groups excluding carboxylic acids is 1. The third kappa shape index (κ3) is 4.83. The quantitative estimate of drug-likeness (QED) is 0.582. The maximum Gasteiger partial charge on any atom is 0.310 e. The van der Waals surface area contributed by atoms with E-state index in [0.29, 0.717) is 30.2 Å². The predicted molar refractivity (Wildman–Crippen MR) is 121 cm³/mol. The second-order valence-electron chi connectivity index (χ2n) is 7.35. The SMILES string of the molecule is CCOc1cccc([C@H]2CC(c3cccc(NS(C)(=O)=O)c3)=NN2C(=O)c2ccco2)c1. The largest absolute Gasteiger partial charge is 0.494 e. The number of nitrogens with one attached hydrogen (secondary N) is 1. The number of amides is 1. The lowest BCUT2D eigenvalue weighted by Crippen LogP contribution is -2.26. The maximum absolute atomic E-state index is 13.1. The van der Waals surface area contributed by atoms with Crippen LogP contribution in [0.25, 0.3) is 0 Å². The van der Waals surface area contributed by atoms with E-state index >= 15 is 0 Å². The van der Waals surface area contributed by atoms with Gasteiger partial charge in [0, 0.05) is 12.1 Å². The van der Waals surface area contributed by atoms with Crippen molar-refractivity contribution in [1.82, 2.24) is 5.01 Å². The number of ether oxygens (including phenoxy) is 1. The van der Waals surface area contributed by atoms with E-state index in [1.165, 1.54) is 11.3 Å². The Balaban J connectivity index is 1.70. The molecule has 0 unspecified atom stereocenters. The zero-order valence-electron chi connectivity index (χ0n) is 17.7. The molecule has 32 heavy (non-hydrogen) atoms. The number of rotatable bonds is 7. The van der Waals surface area contributed by atoms with E-state index in [2.05, 4.69) is 9.82 Å². The summed E-state index contributed by atoms with van der Waals surface area (Å²) in [6, 6.07) is 17.4. The predicted octanol–water partition coefficient (Wildman–Crippen LogP) is 4.04. The van der Waals surface area contributed by atoms with Crippen LogP contribution in [0.1, 0.15) is 41.1 Å². The van der Waals surface area contributed by atoms with Gasteiger partial charge in [0.25, 0.3) is 0 Å².